The van der Waals surface area contributed by atoms with Crippen molar-refractivity contribution >= 4 is 21.8 Å². The van der Waals surface area contributed by atoms with E-state index in [4.69, 9.17) is 9.84 Å². The van der Waals surface area contributed by atoms with Crippen molar-refractivity contribution in [3.05, 3.63) is 0 Å². The zero-order chi connectivity index (χ0) is 10.7. The summed E-state index contributed by atoms with van der Waals surface area (Å²) in [7, 11) is 0. The summed E-state index contributed by atoms with van der Waals surface area (Å²) in [6, 6.07) is 0. The molecule has 1 rings (SSSR count). The van der Waals surface area contributed by atoms with E-state index in [0.717, 1.165) is 0 Å². The summed E-state index contributed by atoms with van der Waals surface area (Å²) in [5.74, 6) is -0.361. The molecule has 0 aromatic carbocycles. The molecule has 1 saturated heterocycles. The van der Waals surface area contributed by atoms with Crippen molar-refractivity contribution in [2.75, 3.05) is 11.9 Å². The smallest absolute Gasteiger partial charge is 0.232 e. The maximum Gasteiger partial charge on any atom is 0.232 e. The van der Waals surface area contributed by atoms with E-state index in [1.807, 2.05) is 0 Å². The molecule has 1 aliphatic heterocycles. The van der Waals surface area contributed by atoms with Gasteiger partial charge in [0.1, 0.15) is 18.3 Å². The first-order chi connectivity index (χ1) is 6.60. The summed E-state index contributed by atoms with van der Waals surface area (Å²) >= 11 is 2.93. The van der Waals surface area contributed by atoms with Gasteiger partial charge >= 0.3 is 0 Å². The third-order valence-electron chi connectivity index (χ3n) is 1.97. The fraction of sp³-hybridized carbons (Fsp3) is 0.857. The van der Waals surface area contributed by atoms with Crippen molar-refractivity contribution in [1.82, 2.24) is 5.32 Å². The van der Waals surface area contributed by atoms with Crippen molar-refractivity contribution in [2.24, 2.45) is 0 Å². The molecule has 0 unspecified atom stereocenters. The van der Waals surface area contributed by atoms with E-state index in [-0.39, 0.29) is 11.2 Å². The Balaban J connectivity index is 2.52. The first-order valence-electron chi connectivity index (χ1n) is 4.08. The van der Waals surface area contributed by atoms with Crippen LogP contribution in [0.5, 0.6) is 0 Å². The van der Waals surface area contributed by atoms with Crippen molar-refractivity contribution in [2.45, 2.75) is 24.5 Å². The summed E-state index contributed by atoms with van der Waals surface area (Å²) in [5, 5.41) is 29.9. The first-order valence-corrected chi connectivity index (χ1v) is 5.20. The molecule has 1 amide bonds. The molecular formula is C7H12BrNO5. The largest absolute Gasteiger partial charge is 0.394 e. The highest BCUT2D eigenvalue weighted by molar-refractivity contribution is 9.09. The Hall–Kier alpha value is -0.210. The number of aliphatic hydroxyl groups is 3. The molecule has 0 saturated carbocycles. The van der Waals surface area contributed by atoms with E-state index in [9.17, 15) is 15.0 Å². The lowest BCUT2D eigenvalue weighted by atomic mass is 10.1. The summed E-state index contributed by atoms with van der Waals surface area (Å²) in [4.78, 5) is 10.9. The van der Waals surface area contributed by atoms with E-state index in [2.05, 4.69) is 21.2 Å². The average molecular weight is 270 g/mol. The quantitative estimate of drug-likeness (QED) is 0.442. The molecule has 4 N–H and O–H groups in total. The number of alkyl halides is 1. The number of amides is 1. The van der Waals surface area contributed by atoms with Crippen LogP contribution in [0.2, 0.25) is 0 Å². The van der Waals surface area contributed by atoms with Crippen LogP contribution in [0.25, 0.3) is 0 Å². The summed E-state index contributed by atoms with van der Waals surface area (Å²) < 4.78 is 5.00. The summed E-state index contributed by atoms with van der Waals surface area (Å²) in [5.41, 5.74) is 0. The second-order valence-corrected chi connectivity index (χ2v) is 3.52. The zero-order valence-electron chi connectivity index (χ0n) is 7.26. The second-order valence-electron chi connectivity index (χ2n) is 2.96. The van der Waals surface area contributed by atoms with Gasteiger partial charge in [-0.05, 0) is 0 Å². The number of halogens is 1. The predicted octanol–water partition coefficient (Wildman–Crippen LogP) is -2.06. The number of nitrogens with one attached hydrogen (secondary N) is 1. The number of carbonyl (C=O) groups excluding carboxylic acids is 1. The Morgan fingerprint density at radius 3 is 2.50 bits per heavy atom. The van der Waals surface area contributed by atoms with Gasteiger partial charge in [0.25, 0.3) is 0 Å². The normalized spacial score (nSPS) is 37.1. The number of hydrogen-bond acceptors (Lipinski definition) is 5. The molecule has 0 bridgehead atoms. The van der Waals surface area contributed by atoms with Gasteiger partial charge in [0.15, 0.2) is 6.23 Å². The molecule has 1 heterocycles. The molecule has 4 atom stereocenters. The Bertz CT molecular complexity index is 214. The van der Waals surface area contributed by atoms with Gasteiger partial charge < -0.3 is 25.4 Å². The average Bonchev–Trinajstić information content (AvgIpc) is 2.45. The minimum absolute atomic E-state index is 0.0828. The van der Waals surface area contributed by atoms with Gasteiger partial charge in [-0.3, -0.25) is 4.79 Å². The van der Waals surface area contributed by atoms with Crippen LogP contribution >= 0.6 is 15.9 Å². The Morgan fingerprint density at radius 1 is 1.43 bits per heavy atom. The van der Waals surface area contributed by atoms with Crippen LogP contribution in [0.4, 0.5) is 0 Å². The van der Waals surface area contributed by atoms with Crippen LogP contribution in [0.15, 0.2) is 0 Å². The molecule has 7 heteroatoms. The summed E-state index contributed by atoms with van der Waals surface area (Å²) in [6.45, 7) is -0.404. The third-order valence-corrected chi connectivity index (χ3v) is 2.48. The lowest BCUT2D eigenvalue weighted by molar-refractivity contribution is -0.124. The fourth-order valence-corrected chi connectivity index (χ4v) is 1.38. The van der Waals surface area contributed by atoms with E-state index in [0.29, 0.717) is 0 Å². The Kier molecular flexibility index (Phi) is 4.27. The predicted molar refractivity (Wildman–Crippen MR) is 49.7 cm³/mol. The van der Waals surface area contributed by atoms with Crippen LogP contribution in [0, 0.1) is 0 Å². The van der Waals surface area contributed by atoms with Gasteiger partial charge in [-0.1, -0.05) is 15.9 Å². The number of rotatable bonds is 3. The van der Waals surface area contributed by atoms with Gasteiger partial charge in [-0.15, -0.1) is 0 Å². The minimum atomic E-state index is -1.21. The van der Waals surface area contributed by atoms with Crippen molar-refractivity contribution in [3.8, 4) is 0 Å². The zero-order valence-corrected chi connectivity index (χ0v) is 8.85. The standard InChI is InChI=1S/C7H12BrNO5/c8-1-4(11)9-7-6(13)5(12)3(2-10)14-7/h3,5-7,10,12-13H,1-2H2,(H,9,11)/t3-,5-,6+,7-/m0/s1. The van der Waals surface area contributed by atoms with Gasteiger partial charge in [0, 0.05) is 0 Å². The number of hydrogen-bond donors (Lipinski definition) is 4. The van der Waals surface area contributed by atoms with E-state index < -0.39 is 31.1 Å². The second kappa shape index (κ2) is 5.04. The van der Waals surface area contributed by atoms with Gasteiger partial charge in [0.2, 0.25) is 5.91 Å². The molecule has 1 fully saturated rings. The SMILES string of the molecule is O=C(CBr)N[C@H]1O[C@@H](CO)[C@H](O)[C@H]1O. The van der Waals surface area contributed by atoms with Crippen LogP contribution in [-0.2, 0) is 9.53 Å². The van der Waals surface area contributed by atoms with E-state index in [1.165, 1.54) is 0 Å². The molecule has 82 valence electrons. The Morgan fingerprint density at radius 2 is 2.07 bits per heavy atom. The molecular weight excluding hydrogens is 258 g/mol. The number of carbonyl (C=O) groups is 1. The molecule has 0 aromatic heterocycles. The topological polar surface area (TPSA) is 99.0 Å². The van der Waals surface area contributed by atoms with Gasteiger partial charge in [0.05, 0.1) is 11.9 Å². The highest BCUT2D eigenvalue weighted by Gasteiger charge is 2.42. The highest BCUT2D eigenvalue weighted by atomic mass is 79.9. The lowest BCUT2D eigenvalue weighted by Crippen LogP contribution is -2.44. The number of ether oxygens (including phenoxy) is 1. The lowest BCUT2D eigenvalue weighted by Gasteiger charge is -2.15. The van der Waals surface area contributed by atoms with E-state index in [1.54, 1.807) is 0 Å². The summed E-state index contributed by atoms with van der Waals surface area (Å²) in [6.07, 6.45) is -4.21. The molecule has 0 aromatic rings. The highest BCUT2D eigenvalue weighted by Crippen LogP contribution is 2.19. The van der Waals surface area contributed by atoms with Crippen LogP contribution in [0.1, 0.15) is 0 Å². The molecule has 1 aliphatic rings. The fourth-order valence-electron chi connectivity index (χ4n) is 1.22. The molecule has 0 aliphatic carbocycles. The molecule has 14 heavy (non-hydrogen) atoms. The Labute approximate surface area is 89.0 Å². The molecule has 6 nitrogen and oxygen atoms in total. The van der Waals surface area contributed by atoms with Gasteiger partial charge in [-0.25, -0.2) is 0 Å². The number of aliphatic hydroxyl groups excluding tert-OH is 3. The molecule has 0 spiro atoms. The van der Waals surface area contributed by atoms with E-state index >= 15 is 0 Å². The monoisotopic (exact) mass is 269 g/mol. The van der Waals surface area contributed by atoms with Crippen LogP contribution < -0.4 is 5.32 Å². The molecule has 0 radical (unpaired) electrons. The maximum atomic E-state index is 10.9. The maximum absolute atomic E-state index is 10.9. The third kappa shape index (κ3) is 2.43. The van der Waals surface area contributed by atoms with Crippen LogP contribution in [-0.4, -0.2) is 57.7 Å². The van der Waals surface area contributed by atoms with Gasteiger partial charge in [-0.2, -0.15) is 0 Å². The minimum Gasteiger partial charge on any atom is -0.394 e. The van der Waals surface area contributed by atoms with Crippen molar-refractivity contribution in [3.63, 3.8) is 0 Å². The van der Waals surface area contributed by atoms with Crippen molar-refractivity contribution in [1.29, 1.82) is 0 Å². The van der Waals surface area contributed by atoms with Crippen LogP contribution in [0.3, 0.4) is 0 Å². The van der Waals surface area contributed by atoms with Crippen molar-refractivity contribution < 1.29 is 24.9 Å². The first kappa shape index (κ1) is 11.9.